The molecule has 0 atom stereocenters. The molecule has 2 heterocycles. The summed E-state index contributed by atoms with van der Waals surface area (Å²) in [6.45, 7) is 1.65. The molecule has 19 heavy (non-hydrogen) atoms. The lowest BCUT2D eigenvalue weighted by atomic mass is 10.1. The molecule has 0 unspecified atom stereocenters. The predicted molar refractivity (Wildman–Crippen MR) is 62.1 cm³/mol. The Morgan fingerprint density at radius 1 is 1.21 bits per heavy atom. The number of anilines is 1. The molecule has 0 fully saturated rings. The topological polar surface area (TPSA) is 104 Å². The normalized spacial score (nSPS) is 10.8. The molecule has 0 aliphatic rings. The van der Waals surface area contributed by atoms with E-state index in [1.54, 1.807) is 19.1 Å². The van der Waals surface area contributed by atoms with Crippen molar-refractivity contribution >= 4 is 5.82 Å². The second-order valence-electron chi connectivity index (χ2n) is 3.89. The molecule has 1 aromatic carbocycles. The molecule has 8 heteroatoms. The van der Waals surface area contributed by atoms with Crippen LogP contribution in [-0.2, 0) is 0 Å². The number of halogens is 1. The zero-order valence-electron chi connectivity index (χ0n) is 9.79. The second-order valence-corrected chi connectivity index (χ2v) is 3.89. The number of nitrogen functional groups attached to an aromatic ring is 1. The number of aryl methyl sites for hydroxylation is 1. The largest absolute Gasteiger partial charge is 0.379 e. The summed E-state index contributed by atoms with van der Waals surface area (Å²) in [5.74, 6) is 0.166. The first-order chi connectivity index (χ1) is 9.15. The summed E-state index contributed by atoms with van der Waals surface area (Å²) in [5, 5.41) is 10.8. The minimum atomic E-state index is -0.294. The lowest BCUT2D eigenvalue weighted by molar-refractivity contribution is 0.308. The Hall–Kier alpha value is -2.77. The third kappa shape index (κ3) is 1.92. The summed E-state index contributed by atoms with van der Waals surface area (Å²) < 4.78 is 22.6. The van der Waals surface area contributed by atoms with Gasteiger partial charge in [-0.1, -0.05) is 5.16 Å². The van der Waals surface area contributed by atoms with Gasteiger partial charge >= 0.3 is 0 Å². The molecule has 0 saturated carbocycles. The number of rotatable bonds is 2. The van der Waals surface area contributed by atoms with E-state index in [4.69, 9.17) is 10.3 Å². The minimum Gasteiger partial charge on any atom is -0.379 e. The summed E-state index contributed by atoms with van der Waals surface area (Å²) in [4.78, 5) is 4.11. The molecule has 2 N–H and O–H groups in total. The average molecular weight is 261 g/mol. The van der Waals surface area contributed by atoms with Crippen LogP contribution in [0.3, 0.4) is 0 Å². The van der Waals surface area contributed by atoms with Crippen LogP contribution in [0.4, 0.5) is 10.2 Å². The van der Waals surface area contributed by atoms with Crippen molar-refractivity contribution in [2.24, 2.45) is 0 Å². The van der Waals surface area contributed by atoms with E-state index in [0.717, 1.165) is 0 Å². The Balaban J connectivity index is 2.01. The van der Waals surface area contributed by atoms with Gasteiger partial charge < -0.3 is 10.3 Å². The van der Waals surface area contributed by atoms with Crippen LogP contribution in [0, 0.1) is 12.7 Å². The van der Waals surface area contributed by atoms with Crippen LogP contribution in [0.2, 0.25) is 0 Å². The van der Waals surface area contributed by atoms with Crippen LogP contribution < -0.4 is 5.73 Å². The van der Waals surface area contributed by atoms with Gasteiger partial charge in [0.25, 0.3) is 5.89 Å². The third-order valence-corrected chi connectivity index (χ3v) is 2.56. The lowest BCUT2D eigenvalue weighted by Crippen LogP contribution is -1.89. The van der Waals surface area contributed by atoms with Gasteiger partial charge in [0, 0.05) is 5.56 Å². The summed E-state index contributed by atoms with van der Waals surface area (Å²) in [6, 6.07) is 4.52. The smallest absolute Gasteiger partial charge is 0.284 e. The van der Waals surface area contributed by atoms with E-state index >= 15 is 0 Å². The van der Waals surface area contributed by atoms with E-state index in [0.29, 0.717) is 17.0 Å². The zero-order valence-corrected chi connectivity index (χ0v) is 9.79. The molecule has 7 nitrogen and oxygen atoms in total. The van der Waals surface area contributed by atoms with Gasteiger partial charge in [-0.3, -0.25) is 0 Å². The second kappa shape index (κ2) is 4.16. The number of aromatic nitrogens is 4. The molecule has 0 aliphatic heterocycles. The molecule has 0 radical (unpaired) electrons. The molecule has 0 spiro atoms. The van der Waals surface area contributed by atoms with Gasteiger partial charge in [-0.2, -0.15) is 4.98 Å². The Labute approximate surface area is 106 Å². The standard InChI is InChI=1S/C11H8FN5O2/c1-5-4-6(2-3-7(5)12)10-14-11(18-17-10)8-9(13)16-19-15-8/h2-4H,1H3,(H2,13,16). The number of benzene rings is 1. The molecular weight excluding hydrogens is 253 g/mol. The number of nitrogens with zero attached hydrogens (tertiary/aromatic N) is 4. The van der Waals surface area contributed by atoms with Gasteiger partial charge in [0.2, 0.25) is 17.3 Å². The van der Waals surface area contributed by atoms with Crippen molar-refractivity contribution in [2.75, 3.05) is 5.73 Å². The lowest BCUT2D eigenvalue weighted by Gasteiger charge is -1.97. The third-order valence-electron chi connectivity index (χ3n) is 2.56. The Morgan fingerprint density at radius 3 is 2.74 bits per heavy atom. The summed E-state index contributed by atoms with van der Waals surface area (Å²) >= 11 is 0. The molecular formula is C11H8FN5O2. The Kier molecular flexibility index (Phi) is 2.48. The highest BCUT2D eigenvalue weighted by atomic mass is 19.1. The van der Waals surface area contributed by atoms with Crippen molar-refractivity contribution in [3.05, 3.63) is 29.6 Å². The minimum absolute atomic E-state index is 0.0606. The van der Waals surface area contributed by atoms with Crippen LogP contribution in [0.25, 0.3) is 23.0 Å². The van der Waals surface area contributed by atoms with Crippen molar-refractivity contribution in [2.45, 2.75) is 6.92 Å². The SMILES string of the molecule is Cc1cc(-c2noc(-c3nonc3N)n2)ccc1F. The van der Waals surface area contributed by atoms with Gasteiger partial charge in [-0.15, -0.1) is 0 Å². The first-order valence-corrected chi connectivity index (χ1v) is 5.34. The van der Waals surface area contributed by atoms with Crippen LogP contribution in [-0.4, -0.2) is 20.5 Å². The van der Waals surface area contributed by atoms with Crippen molar-refractivity contribution in [1.82, 2.24) is 20.5 Å². The zero-order chi connectivity index (χ0) is 13.4. The quantitative estimate of drug-likeness (QED) is 0.750. The fourth-order valence-electron chi connectivity index (χ4n) is 1.56. The van der Waals surface area contributed by atoms with Gasteiger partial charge in [-0.25, -0.2) is 9.02 Å². The predicted octanol–water partition coefficient (Wildman–Crippen LogP) is 1.82. The monoisotopic (exact) mass is 261 g/mol. The average Bonchev–Trinajstić information content (AvgIpc) is 3.01. The van der Waals surface area contributed by atoms with Gasteiger partial charge in [0.1, 0.15) is 5.82 Å². The first kappa shape index (κ1) is 11.3. The summed E-state index contributed by atoms with van der Waals surface area (Å²) in [6.07, 6.45) is 0. The van der Waals surface area contributed by atoms with Crippen molar-refractivity contribution in [1.29, 1.82) is 0 Å². The molecule has 0 amide bonds. The Bertz CT molecular complexity index is 736. The Morgan fingerprint density at radius 2 is 2.05 bits per heavy atom. The molecule has 2 aromatic heterocycles. The van der Waals surface area contributed by atoms with Gasteiger partial charge in [0.15, 0.2) is 0 Å². The molecule has 0 bridgehead atoms. The van der Waals surface area contributed by atoms with Crippen molar-refractivity contribution < 1.29 is 13.5 Å². The van der Waals surface area contributed by atoms with E-state index in [2.05, 4.69) is 25.1 Å². The highest BCUT2D eigenvalue weighted by Crippen LogP contribution is 2.24. The molecule has 3 aromatic rings. The van der Waals surface area contributed by atoms with Gasteiger partial charge in [-0.05, 0) is 41.0 Å². The van der Waals surface area contributed by atoms with Crippen molar-refractivity contribution in [3.63, 3.8) is 0 Å². The van der Waals surface area contributed by atoms with Crippen molar-refractivity contribution in [3.8, 4) is 23.0 Å². The molecule has 0 saturated heterocycles. The fourth-order valence-corrected chi connectivity index (χ4v) is 1.56. The summed E-state index contributed by atoms with van der Waals surface area (Å²) in [5.41, 5.74) is 6.82. The van der Waals surface area contributed by atoms with E-state index in [-0.39, 0.29) is 23.2 Å². The van der Waals surface area contributed by atoms with Crippen LogP contribution in [0.5, 0.6) is 0 Å². The first-order valence-electron chi connectivity index (χ1n) is 5.34. The molecule has 0 aliphatic carbocycles. The maximum absolute atomic E-state index is 13.2. The van der Waals surface area contributed by atoms with Crippen LogP contribution >= 0.6 is 0 Å². The van der Waals surface area contributed by atoms with E-state index in [1.165, 1.54) is 6.07 Å². The molecule has 3 rings (SSSR count). The van der Waals surface area contributed by atoms with E-state index in [1.807, 2.05) is 0 Å². The fraction of sp³-hybridized carbons (Fsp3) is 0.0909. The molecule has 96 valence electrons. The number of hydrogen-bond acceptors (Lipinski definition) is 7. The number of hydrogen-bond donors (Lipinski definition) is 1. The highest BCUT2D eigenvalue weighted by Gasteiger charge is 2.18. The maximum Gasteiger partial charge on any atom is 0.284 e. The van der Waals surface area contributed by atoms with E-state index < -0.39 is 0 Å². The van der Waals surface area contributed by atoms with Crippen LogP contribution in [0.15, 0.2) is 27.4 Å². The van der Waals surface area contributed by atoms with Gasteiger partial charge in [0.05, 0.1) is 0 Å². The highest BCUT2D eigenvalue weighted by molar-refractivity contribution is 5.63. The maximum atomic E-state index is 13.2. The van der Waals surface area contributed by atoms with Crippen LogP contribution in [0.1, 0.15) is 5.56 Å². The summed E-state index contributed by atoms with van der Waals surface area (Å²) in [7, 11) is 0. The van der Waals surface area contributed by atoms with E-state index in [9.17, 15) is 4.39 Å². The number of nitrogens with two attached hydrogens (primary N) is 1.